The van der Waals surface area contributed by atoms with Crippen LogP contribution in [0.3, 0.4) is 0 Å². The van der Waals surface area contributed by atoms with E-state index in [-0.39, 0.29) is 0 Å². The molecule has 0 saturated carbocycles. The molecule has 3 heteroatoms. The van der Waals surface area contributed by atoms with Crippen molar-refractivity contribution in [2.75, 3.05) is 6.54 Å². The molecule has 1 amide bonds. The summed E-state index contributed by atoms with van der Waals surface area (Å²) in [6, 6.07) is 0. The van der Waals surface area contributed by atoms with Crippen LogP contribution in [0.25, 0.3) is 0 Å². The van der Waals surface area contributed by atoms with Crippen LogP contribution >= 0.6 is 11.6 Å². The van der Waals surface area contributed by atoms with Gasteiger partial charge >= 0.3 is 5.37 Å². The molecule has 0 aromatic rings. The molecule has 35 valence electrons. The van der Waals surface area contributed by atoms with Gasteiger partial charge in [0.05, 0.1) is 0 Å². The first-order valence-electron chi connectivity index (χ1n) is 1.50. The minimum Gasteiger partial charge on any atom is -0.343 e. The molecule has 0 aliphatic rings. The molecule has 2 nitrogen and oxygen atoms in total. The zero-order valence-electron chi connectivity index (χ0n) is 3.20. The lowest BCUT2D eigenvalue weighted by atomic mass is 10.8. The number of nitrogens with one attached hydrogen (secondary N) is 1. The summed E-state index contributed by atoms with van der Waals surface area (Å²) in [6.07, 6.45) is 0. The minimum absolute atomic E-state index is 0.350. The van der Waals surface area contributed by atoms with Crippen LogP contribution in [-0.4, -0.2) is 11.9 Å². The van der Waals surface area contributed by atoms with E-state index in [2.05, 4.69) is 12.2 Å². The zero-order chi connectivity index (χ0) is 4.99. The van der Waals surface area contributed by atoms with E-state index in [1.807, 2.05) is 0 Å². The molecule has 0 atom stereocenters. The van der Waals surface area contributed by atoms with Gasteiger partial charge in [0.25, 0.3) is 0 Å². The lowest BCUT2D eigenvalue weighted by Gasteiger charge is -1.86. The number of amides is 1. The van der Waals surface area contributed by atoms with E-state index in [0.717, 1.165) is 0 Å². The molecule has 0 fully saturated rings. The van der Waals surface area contributed by atoms with Gasteiger partial charge in [-0.2, -0.15) is 0 Å². The summed E-state index contributed by atoms with van der Waals surface area (Å²) >= 11 is 4.79. The first-order valence-corrected chi connectivity index (χ1v) is 1.87. The van der Waals surface area contributed by atoms with Gasteiger partial charge in [-0.15, -0.1) is 0 Å². The van der Waals surface area contributed by atoms with Gasteiger partial charge in [-0.1, -0.05) is 0 Å². The second-order valence-corrected chi connectivity index (χ2v) is 1.04. The number of carbonyl (C=O) groups excluding carboxylic acids is 1. The van der Waals surface area contributed by atoms with Gasteiger partial charge in [0.15, 0.2) is 0 Å². The van der Waals surface area contributed by atoms with Crippen LogP contribution in [0.5, 0.6) is 0 Å². The minimum atomic E-state index is -0.551. The molecular formula is C3H5ClNO. The molecule has 0 aromatic heterocycles. The van der Waals surface area contributed by atoms with Crippen LogP contribution in [-0.2, 0) is 0 Å². The number of halogens is 1. The first kappa shape index (κ1) is 5.76. The van der Waals surface area contributed by atoms with Gasteiger partial charge < -0.3 is 5.32 Å². The van der Waals surface area contributed by atoms with E-state index in [1.165, 1.54) is 0 Å². The molecule has 1 N–H and O–H groups in total. The SMILES string of the molecule is [CH2]CNC(=O)Cl. The molecule has 0 heterocycles. The fourth-order valence-electron chi connectivity index (χ4n) is 0.0983. The molecule has 0 aliphatic heterocycles. The van der Waals surface area contributed by atoms with Crippen molar-refractivity contribution in [2.45, 2.75) is 0 Å². The van der Waals surface area contributed by atoms with Crippen molar-refractivity contribution in [1.82, 2.24) is 5.32 Å². The molecule has 6 heavy (non-hydrogen) atoms. The second-order valence-electron chi connectivity index (χ2n) is 0.700. The van der Waals surface area contributed by atoms with Crippen molar-refractivity contribution in [3.8, 4) is 0 Å². The van der Waals surface area contributed by atoms with Gasteiger partial charge in [-0.25, -0.2) is 0 Å². The van der Waals surface area contributed by atoms with Gasteiger partial charge in [0.1, 0.15) is 0 Å². The number of carbonyl (C=O) groups is 1. The quantitative estimate of drug-likeness (QED) is 0.388. The monoisotopic (exact) mass is 106 g/mol. The van der Waals surface area contributed by atoms with Crippen molar-refractivity contribution in [2.24, 2.45) is 0 Å². The van der Waals surface area contributed by atoms with Crippen LogP contribution in [0, 0.1) is 6.92 Å². The van der Waals surface area contributed by atoms with E-state index in [4.69, 9.17) is 11.6 Å². The number of rotatable bonds is 1. The van der Waals surface area contributed by atoms with Crippen molar-refractivity contribution in [1.29, 1.82) is 0 Å². The Bertz CT molecular complexity index is 54.8. The van der Waals surface area contributed by atoms with Crippen LogP contribution in [0.15, 0.2) is 0 Å². The summed E-state index contributed by atoms with van der Waals surface area (Å²) in [5, 5.41) is 1.67. The predicted molar refractivity (Wildman–Crippen MR) is 24.6 cm³/mol. The molecule has 0 rings (SSSR count). The van der Waals surface area contributed by atoms with Crippen molar-refractivity contribution < 1.29 is 4.79 Å². The lowest BCUT2D eigenvalue weighted by molar-refractivity contribution is 0.260. The maximum absolute atomic E-state index is 9.66. The highest BCUT2D eigenvalue weighted by Gasteiger charge is 1.83. The summed E-state index contributed by atoms with van der Waals surface area (Å²) < 4.78 is 0. The van der Waals surface area contributed by atoms with Gasteiger partial charge in [0, 0.05) is 6.54 Å². The first-order chi connectivity index (χ1) is 2.77. The van der Waals surface area contributed by atoms with Crippen LogP contribution in [0.1, 0.15) is 0 Å². The fraction of sp³-hybridized carbons (Fsp3) is 0.333. The van der Waals surface area contributed by atoms with E-state index in [0.29, 0.717) is 6.54 Å². The predicted octanol–water partition coefficient (Wildman–Crippen LogP) is 0.769. The third-order valence-corrected chi connectivity index (χ3v) is 0.398. The largest absolute Gasteiger partial charge is 0.343 e. The Morgan fingerprint density at radius 3 is 2.50 bits per heavy atom. The smallest absolute Gasteiger partial charge is 0.313 e. The molecule has 0 spiro atoms. The van der Waals surface area contributed by atoms with E-state index in [1.54, 1.807) is 0 Å². The molecule has 0 unspecified atom stereocenters. The van der Waals surface area contributed by atoms with Crippen LogP contribution < -0.4 is 5.32 Å². The van der Waals surface area contributed by atoms with Crippen LogP contribution in [0.4, 0.5) is 4.79 Å². The summed E-state index contributed by atoms with van der Waals surface area (Å²) in [5.74, 6) is 0. The van der Waals surface area contributed by atoms with Gasteiger partial charge in [-0.3, -0.25) is 4.79 Å². The lowest BCUT2D eigenvalue weighted by Crippen LogP contribution is -2.14. The Morgan fingerprint density at radius 1 is 2.00 bits per heavy atom. The van der Waals surface area contributed by atoms with E-state index in [9.17, 15) is 4.79 Å². The molecule has 0 saturated heterocycles. The summed E-state index contributed by atoms with van der Waals surface area (Å²) in [5.41, 5.74) is 0. The molecule has 0 aliphatic carbocycles. The average Bonchev–Trinajstić information content (AvgIpc) is 1.35. The highest BCUT2D eigenvalue weighted by Crippen LogP contribution is 1.71. The van der Waals surface area contributed by atoms with Gasteiger partial charge in [0.2, 0.25) is 0 Å². The Hall–Kier alpha value is -0.240. The average molecular weight is 107 g/mol. The summed E-state index contributed by atoms with van der Waals surface area (Å²) in [4.78, 5) is 9.66. The van der Waals surface area contributed by atoms with Crippen molar-refractivity contribution >= 4 is 17.0 Å². The topological polar surface area (TPSA) is 29.1 Å². The molecule has 0 aromatic carbocycles. The molecule has 0 bridgehead atoms. The van der Waals surface area contributed by atoms with Gasteiger partial charge in [-0.05, 0) is 18.5 Å². The zero-order valence-corrected chi connectivity index (χ0v) is 3.96. The highest BCUT2D eigenvalue weighted by molar-refractivity contribution is 6.62. The Labute approximate surface area is 41.5 Å². The Balaban J connectivity index is 2.83. The Kier molecular flexibility index (Phi) is 2.85. The number of hydrogen-bond donors (Lipinski definition) is 1. The second kappa shape index (κ2) is 2.97. The summed E-state index contributed by atoms with van der Waals surface area (Å²) in [6.45, 7) is 3.66. The maximum atomic E-state index is 9.66. The third kappa shape index (κ3) is 3.76. The number of hydrogen-bond acceptors (Lipinski definition) is 1. The maximum Gasteiger partial charge on any atom is 0.313 e. The van der Waals surface area contributed by atoms with E-state index >= 15 is 0 Å². The van der Waals surface area contributed by atoms with E-state index < -0.39 is 5.37 Å². The molecular weight excluding hydrogens is 101 g/mol. The standard InChI is InChI=1S/C3H5ClNO/c1-2-5-3(4)6/h1-2H2,(H,5,6). The highest BCUT2D eigenvalue weighted by atomic mass is 35.5. The molecule has 1 radical (unpaired) electrons. The fourth-order valence-corrected chi connectivity index (χ4v) is 0.193. The third-order valence-electron chi connectivity index (χ3n) is 0.264. The summed E-state index contributed by atoms with van der Waals surface area (Å²) in [7, 11) is 0. The van der Waals surface area contributed by atoms with Crippen molar-refractivity contribution in [3.63, 3.8) is 0 Å². The normalized spacial score (nSPS) is 7.67. The van der Waals surface area contributed by atoms with Crippen LogP contribution in [0.2, 0.25) is 0 Å². The van der Waals surface area contributed by atoms with Crippen molar-refractivity contribution in [3.05, 3.63) is 6.92 Å². The Morgan fingerprint density at radius 2 is 2.50 bits per heavy atom.